The molecule has 35 heavy (non-hydrogen) atoms. The maximum absolute atomic E-state index is 12.2. The molecular formula is C34H58O. The summed E-state index contributed by atoms with van der Waals surface area (Å²) in [7, 11) is 0. The Morgan fingerprint density at radius 1 is 0.914 bits per heavy atom. The van der Waals surface area contributed by atoms with Crippen molar-refractivity contribution in [2.75, 3.05) is 0 Å². The van der Waals surface area contributed by atoms with E-state index >= 15 is 0 Å². The molecule has 0 amide bonds. The van der Waals surface area contributed by atoms with Crippen molar-refractivity contribution in [2.24, 2.45) is 11.3 Å². The molecule has 0 saturated heterocycles. The molecule has 1 aromatic carbocycles. The monoisotopic (exact) mass is 482 g/mol. The first-order valence-electron chi connectivity index (χ1n) is 15.0. The summed E-state index contributed by atoms with van der Waals surface area (Å²) in [5.74, 6) is 1.28. The number of hydrogen-bond acceptors (Lipinski definition) is 1. The van der Waals surface area contributed by atoms with Gasteiger partial charge in [-0.25, -0.2) is 0 Å². The molecule has 1 heteroatoms. The highest BCUT2D eigenvalue weighted by Crippen LogP contribution is 2.63. The fourth-order valence-electron chi connectivity index (χ4n) is 7.59. The number of aromatic hydroxyl groups is 1. The number of unbranched alkanes of at least 4 members (excludes halogenated alkanes) is 4. The second-order valence-corrected chi connectivity index (χ2v) is 13.1. The van der Waals surface area contributed by atoms with Gasteiger partial charge in [-0.05, 0) is 77.4 Å². The zero-order chi connectivity index (χ0) is 26.4. The molecule has 0 fully saturated rings. The van der Waals surface area contributed by atoms with Crippen molar-refractivity contribution in [3.63, 3.8) is 0 Å². The Hall–Kier alpha value is -1.24. The molecule has 0 radical (unpaired) electrons. The number of phenolic OH excluding ortho intramolecular Hbond substituents is 1. The first-order chi connectivity index (χ1) is 16.5. The number of phenols is 1. The zero-order valence-corrected chi connectivity index (χ0v) is 25.0. The van der Waals surface area contributed by atoms with Crippen LogP contribution in [0.25, 0.3) is 6.08 Å². The molecule has 1 aromatic rings. The minimum atomic E-state index is -0.107. The van der Waals surface area contributed by atoms with Gasteiger partial charge in [0.15, 0.2) is 0 Å². The third kappa shape index (κ3) is 5.70. The smallest absolute Gasteiger partial charge is 0.123 e. The van der Waals surface area contributed by atoms with Crippen molar-refractivity contribution < 1.29 is 5.11 Å². The molecule has 0 bridgehead atoms. The van der Waals surface area contributed by atoms with Crippen LogP contribution in [0, 0.1) is 11.3 Å². The van der Waals surface area contributed by atoms with Crippen molar-refractivity contribution in [2.45, 2.75) is 157 Å². The van der Waals surface area contributed by atoms with Crippen LogP contribution in [0.3, 0.4) is 0 Å². The van der Waals surface area contributed by atoms with Crippen molar-refractivity contribution in [3.05, 3.63) is 34.4 Å². The summed E-state index contributed by atoms with van der Waals surface area (Å²) in [5.41, 5.74) is 6.63. The second-order valence-electron chi connectivity index (χ2n) is 13.1. The Balaban J connectivity index is 2.96. The molecule has 1 nitrogen and oxygen atoms in total. The van der Waals surface area contributed by atoms with E-state index in [2.05, 4.69) is 75.0 Å². The molecule has 2 rings (SSSR count). The molecule has 1 unspecified atom stereocenters. The van der Waals surface area contributed by atoms with Crippen molar-refractivity contribution in [1.29, 1.82) is 0 Å². The molecule has 1 N–H and O–H groups in total. The fourth-order valence-corrected chi connectivity index (χ4v) is 7.59. The van der Waals surface area contributed by atoms with E-state index in [4.69, 9.17) is 0 Å². The van der Waals surface area contributed by atoms with Gasteiger partial charge in [0.05, 0.1) is 0 Å². The molecule has 1 atom stereocenters. The second kappa shape index (κ2) is 12.3. The molecule has 0 heterocycles. The van der Waals surface area contributed by atoms with Gasteiger partial charge in [-0.2, -0.15) is 0 Å². The molecule has 0 aliphatic heterocycles. The summed E-state index contributed by atoms with van der Waals surface area (Å²) < 4.78 is 0. The molecule has 1 aliphatic rings. The van der Waals surface area contributed by atoms with Gasteiger partial charge in [-0.1, -0.05) is 120 Å². The van der Waals surface area contributed by atoms with Crippen LogP contribution in [0.15, 0.2) is 6.58 Å². The number of fused-ring (bicyclic) bond motifs is 1. The van der Waals surface area contributed by atoms with Gasteiger partial charge in [-0.3, -0.25) is 0 Å². The molecule has 1 aliphatic carbocycles. The Bertz CT molecular complexity index is 827. The van der Waals surface area contributed by atoms with Crippen LogP contribution in [-0.4, -0.2) is 5.11 Å². The Morgan fingerprint density at radius 2 is 1.46 bits per heavy atom. The van der Waals surface area contributed by atoms with Crippen LogP contribution in [0.5, 0.6) is 5.75 Å². The lowest BCUT2D eigenvalue weighted by Crippen LogP contribution is -2.52. The molecular weight excluding hydrogens is 424 g/mol. The average Bonchev–Trinajstić information content (AvgIpc) is 2.78. The first kappa shape index (κ1) is 30.0. The largest absolute Gasteiger partial charge is 0.507 e. The molecule has 0 aromatic heterocycles. The summed E-state index contributed by atoms with van der Waals surface area (Å²) in [5, 5.41) is 12.2. The lowest BCUT2D eigenvalue weighted by molar-refractivity contribution is 0.0105. The third-order valence-corrected chi connectivity index (χ3v) is 9.42. The maximum Gasteiger partial charge on any atom is 0.123 e. The first-order valence-corrected chi connectivity index (χ1v) is 15.0. The zero-order valence-electron chi connectivity index (χ0n) is 25.0. The van der Waals surface area contributed by atoms with Crippen LogP contribution < -0.4 is 0 Å². The van der Waals surface area contributed by atoms with Gasteiger partial charge in [-0.15, -0.1) is 0 Å². The van der Waals surface area contributed by atoms with Gasteiger partial charge >= 0.3 is 0 Å². The van der Waals surface area contributed by atoms with Crippen LogP contribution >= 0.6 is 0 Å². The SMILES string of the molecule is C=Cc1c(CCCC)c(C(C)(C)C)c(O)c2c1CC(CCCC)C(CCCC)(CCCC)C2(C)C. The summed E-state index contributed by atoms with van der Waals surface area (Å²) >= 11 is 0. The molecule has 200 valence electrons. The van der Waals surface area contributed by atoms with Gasteiger partial charge in [0.25, 0.3) is 0 Å². The van der Waals surface area contributed by atoms with Crippen LogP contribution in [0.1, 0.15) is 161 Å². The van der Waals surface area contributed by atoms with E-state index in [1.807, 2.05) is 0 Å². The van der Waals surface area contributed by atoms with Crippen molar-refractivity contribution >= 4 is 6.08 Å². The van der Waals surface area contributed by atoms with Crippen LogP contribution in [-0.2, 0) is 23.7 Å². The summed E-state index contributed by atoms with van der Waals surface area (Å²) in [4.78, 5) is 0. The number of benzene rings is 1. The van der Waals surface area contributed by atoms with Gasteiger partial charge in [0.2, 0.25) is 0 Å². The lowest BCUT2D eigenvalue weighted by atomic mass is 9.46. The maximum atomic E-state index is 12.2. The van der Waals surface area contributed by atoms with Crippen molar-refractivity contribution in [3.8, 4) is 5.75 Å². The normalized spacial score (nSPS) is 18.9. The molecule has 0 saturated carbocycles. The minimum absolute atomic E-state index is 0.0749. The quantitative estimate of drug-likeness (QED) is 0.296. The lowest BCUT2D eigenvalue weighted by Gasteiger charge is -2.57. The summed E-state index contributed by atoms with van der Waals surface area (Å²) in [6.45, 7) is 25.4. The van der Waals surface area contributed by atoms with E-state index in [1.165, 1.54) is 92.0 Å². The van der Waals surface area contributed by atoms with Gasteiger partial charge in [0.1, 0.15) is 5.75 Å². The Morgan fingerprint density at radius 3 is 1.91 bits per heavy atom. The Labute approximate surface area is 219 Å². The topological polar surface area (TPSA) is 20.2 Å². The van der Waals surface area contributed by atoms with E-state index in [1.54, 1.807) is 0 Å². The van der Waals surface area contributed by atoms with E-state index in [0.717, 1.165) is 19.3 Å². The van der Waals surface area contributed by atoms with Gasteiger partial charge < -0.3 is 5.11 Å². The van der Waals surface area contributed by atoms with Crippen LogP contribution in [0.2, 0.25) is 0 Å². The standard InChI is InChI=1S/C34H58O/c1-11-16-20-25-24-28-26(15-5)27(21-17-12-2)29(32(6,7)8)31(35)30(28)33(9,10)34(25,22-18-13-3)23-19-14-4/h15,25,35H,5,11-14,16-24H2,1-4,6-10H3. The fraction of sp³-hybridized carbons (Fsp3) is 0.765. The third-order valence-electron chi connectivity index (χ3n) is 9.42. The van der Waals surface area contributed by atoms with Gasteiger partial charge in [0, 0.05) is 11.1 Å². The van der Waals surface area contributed by atoms with E-state index < -0.39 is 0 Å². The molecule has 0 spiro atoms. The summed E-state index contributed by atoms with van der Waals surface area (Å²) in [6.07, 6.45) is 18.0. The highest BCUT2D eigenvalue weighted by molar-refractivity contribution is 5.69. The number of rotatable bonds is 13. The van der Waals surface area contributed by atoms with E-state index in [0.29, 0.717) is 11.7 Å². The predicted molar refractivity (Wildman–Crippen MR) is 157 cm³/mol. The number of hydrogen-bond donors (Lipinski definition) is 1. The van der Waals surface area contributed by atoms with Crippen LogP contribution in [0.4, 0.5) is 0 Å². The Kier molecular flexibility index (Phi) is 10.6. The highest BCUT2D eigenvalue weighted by atomic mass is 16.3. The highest BCUT2D eigenvalue weighted by Gasteiger charge is 2.55. The van der Waals surface area contributed by atoms with E-state index in [-0.39, 0.29) is 16.2 Å². The van der Waals surface area contributed by atoms with E-state index in [9.17, 15) is 5.11 Å². The predicted octanol–water partition coefficient (Wildman–Crippen LogP) is 10.7. The average molecular weight is 483 g/mol. The van der Waals surface area contributed by atoms with Crippen molar-refractivity contribution in [1.82, 2.24) is 0 Å². The minimum Gasteiger partial charge on any atom is -0.507 e. The summed E-state index contributed by atoms with van der Waals surface area (Å²) in [6, 6.07) is 0.